The van der Waals surface area contributed by atoms with Gasteiger partial charge in [-0.1, -0.05) is 25.0 Å². The lowest BCUT2D eigenvalue weighted by Gasteiger charge is -2.40. The quantitative estimate of drug-likeness (QED) is 0.437. The molecule has 8 heteroatoms. The molecule has 36 heavy (non-hydrogen) atoms. The highest BCUT2D eigenvalue weighted by molar-refractivity contribution is 7.13. The van der Waals surface area contributed by atoms with E-state index in [9.17, 15) is 13.6 Å². The lowest BCUT2D eigenvalue weighted by molar-refractivity contribution is -0.116. The second-order valence-electron chi connectivity index (χ2n) is 9.88. The van der Waals surface area contributed by atoms with Crippen molar-refractivity contribution in [2.24, 2.45) is 11.8 Å². The van der Waals surface area contributed by atoms with Gasteiger partial charge in [0.2, 0.25) is 5.91 Å². The van der Waals surface area contributed by atoms with E-state index in [2.05, 4.69) is 39.4 Å². The molecule has 190 valence electrons. The van der Waals surface area contributed by atoms with E-state index in [-0.39, 0.29) is 5.91 Å². The zero-order valence-corrected chi connectivity index (χ0v) is 21.2. The van der Waals surface area contributed by atoms with Crippen LogP contribution < -0.4 is 10.2 Å². The summed E-state index contributed by atoms with van der Waals surface area (Å²) in [4.78, 5) is 17.3. The monoisotopic (exact) mass is 510 g/mol. The standard InChI is InChI=1S/C28H32F2N4OS/c29-23-15-20(16-24(30)17-23)9-10-27(35)31-18-21-5-1-2-6-22(21)19-33-11-13-34(14-12-33)28-25-7-3-4-8-26(25)36-32-28/h3-4,7-10,15-17,21-22H,1-2,5-6,11-14,18-19H2,(H,31,35)/b10-9+/t21-,22-/m1/s1. The first-order chi connectivity index (χ1) is 17.5. The molecule has 2 aliphatic rings. The predicted molar refractivity (Wildman–Crippen MR) is 142 cm³/mol. The van der Waals surface area contributed by atoms with E-state index in [1.807, 2.05) is 0 Å². The van der Waals surface area contributed by atoms with Gasteiger partial charge in [-0.3, -0.25) is 9.69 Å². The fraction of sp³-hybridized carbons (Fsp3) is 0.429. The minimum atomic E-state index is -0.652. The Morgan fingerprint density at radius 2 is 1.75 bits per heavy atom. The van der Waals surface area contributed by atoms with E-state index in [1.54, 1.807) is 11.5 Å². The number of piperazine rings is 1. The molecule has 5 nitrogen and oxygen atoms in total. The van der Waals surface area contributed by atoms with Crippen LogP contribution in [-0.4, -0.2) is 54.4 Å². The van der Waals surface area contributed by atoms with Crippen molar-refractivity contribution in [1.29, 1.82) is 0 Å². The molecule has 0 radical (unpaired) electrons. The summed E-state index contributed by atoms with van der Waals surface area (Å²) in [6, 6.07) is 11.7. The zero-order chi connectivity index (χ0) is 24.9. The predicted octanol–water partition coefficient (Wildman–Crippen LogP) is 5.33. The maximum Gasteiger partial charge on any atom is 0.244 e. The fourth-order valence-electron chi connectivity index (χ4n) is 5.50. The van der Waals surface area contributed by atoms with E-state index >= 15 is 0 Å². The van der Waals surface area contributed by atoms with Gasteiger partial charge >= 0.3 is 0 Å². The van der Waals surface area contributed by atoms with Crippen molar-refractivity contribution >= 4 is 39.4 Å². The maximum absolute atomic E-state index is 13.4. The van der Waals surface area contributed by atoms with E-state index in [0.717, 1.165) is 51.0 Å². The molecule has 2 aromatic carbocycles. The Labute approximate surface area is 215 Å². The van der Waals surface area contributed by atoms with Crippen LogP contribution in [-0.2, 0) is 4.79 Å². The molecule has 1 aliphatic carbocycles. The molecule has 2 heterocycles. The number of fused-ring (bicyclic) bond motifs is 1. The summed E-state index contributed by atoms with van der Waals surface area (Å²) in [6.07, 6.45) is 7.55. The molecule has 2 atom stereocenters. The molecule has 1 aliphatic heterocycles. The van der Waals surface area contributed by atoms with Crippen LogP contribution in [0.25, 0.3) is 16.2 Å². The Morgan fingerprint density at radius 1 is 1.03 bits per heavy atom. The van der Waals surface area contributed by atoms with Gasteiger partial charge in [-0.05, 0) is 72.1 Å². The second-order valence-corrected chi connectivity index (χ2v) is 10.7. The van der Waals surface area contributed by atoms with Gasteiger partial charge in [-0.15, -0.1) is 0 Å². The fourth-order valence-corrected chi connectivity index (χ4v) is 6.30. The summed E-state index contributed by atoms with van der Waals surface area (Å²) in [5.41, 5.74) is 0.336. The molecular weight excluding hydrogens is 478 g/mol. The summed E-state index contributed by atoms with van der Waals surface area (Å²) in [5.74, 6) is 0.590. The summed E-state index contributed by atoms with van der Waals surface area (Å²) >= 11 is 1.57. The van der Waals surface area contributed by atoms with Gasteiger partial charge in [0.1, 0.15) is 17.5 Å². The van der Waals surface area contributed by atoms with Gasteiger partial charge in [-0.2, -0.15) is 4.37 Å². The van der Waals surface area contributed by atoms with Crippen molar-refractivity contribution in [2.75, 3.05) is 44.2 Å². The number of rotatable bonds is 7. The van der Waals surface area contributed by atoms with Crippen molar-refractivity contribution in [2.45, 2.75) is 25.7 Å². The minimum Gasteiger partial charge on any atom is -0.353 e. The molecule has 0 spiro atoms. The van der Waals surface area contributed by atoms with Gasteiger partial charge in [0, 0.05) is 56.8 Å². The third-order valence-corrected chi connectivity index (χ3v) is 8.26. The Hall–Kier alpha value is -2.84. The number of carbonyl (C=O) groups excluding carboxylic acids is 1. The molecule has 5 rings (SSSR count). The topological polar surface area (TPSA) is 48.5 Å². The highest BCUT2D eigenvalue weighted by Crippen LogP contribution is 2.32. The highest BCUT2D eigenvalue weighted by Gasteiger charge is 2.29. The highest BCUT2D eigenvalue weighted by atomic mass is 32.1. The Bertz CT molecular complexity index is 1200. The molecule has 0 bridgehead atoms. The van der Waals surface area contributed by atoms with Crippen molar-refractivity contribution < 1.29 is 13.6 Å². The van der Waals surface area contributed by atoms with Gasteiger partial charge in [0.05, 0.1) is 4.70 Å². The van der Waals surface area contributed by atoms with Crippen molar-refractivity contribution in [3.63, 3.8) is 0 Å². The van der Waals surface area contributed by atoms with Crippen LogP contribution in [0.1, 0.15) is 31.2 Å². The number of nitrogens with one attached hydrogen (secondary N) is 1. The van der Waals surface area contributed by atoms with Gasteiger partial charge in [0.25, 0.3) is 0 Å². The number of hydrogen-bond acceptors (Lipinski definition) is 5. The summed E-state index contributed by atoms with van der Waals surface area (Å²) < 4.78 is 32.7. The molecule has 0 unspecified atom stereocenters. The number of aromatic nitrogens is 1. The maximum atomic E-state index is 13.4. The molecular formula is C28H32F2N4OS. The summed E-state index contributed by atoms with van der Waals surface area (Å²) in [7, 11) is 0. The number of nitrogens with zero attached hydrogens (tertiary/aromatic N) is 3. The SMILES string of the molecule is O=C(/C=C/c1cc(F)cc(F)c1)NC[C@H]1CCCC[C@@H]1CN1CCN(c2nsc3ccccc23)CC1. The Morgan fingerprint density at radius 3 is 2.53 bits per heavy atom. The molecule has 1 aromatic heterocycles. The van der Waals surface area contributed by atoms with E-state index in [4.69, 9.17) is 4.37 Å². The van der Waals surface area contributed by atoms with Crippen LogP contribution in [0.4, 0.5) is 14.6 Å². The first-order valence-corrected chi connectivity index (χ1v) is 13.6. The number of halogens is 2. The first kappa shape index (κ1) is 24.8. The number of benzene rings is 2. The van der Waals surface area contributed by atoms with Crippen molar-refractivity contribution in [3.8, 4) is 0 Å². The smallest absolute Gasteiger partial charge is 0.244 e. The molecule has 1 saturated carbocycles. The Balaban J connectivity index is 1.11. The number of carbonyl (C=O) groups is 1. The number of hydrogen-bond donors (Lipinski definition) is 1. The summed E-state index contributed by atoms with van der Waals surface area (Å²) in [6.45, 7) is 5.70. The van der Waals surface area contributed by atoms with Gasteiger partial charge in [-0.25, -0.2) is 8.78 Å². The molecule has 1 N–H and O–H groups in total. The van der Waals surface area contributed by atoms with Gasteiger partial charge in [0.15, 0.2) is 0 Å². The van der Waals surface area contributed by atoms with Crippen LogP contribution in [0.3, 0.4) is 0 Å². The normalized spacial score (nSPS) is 21.3. The number of amides is 1. The third kappa shape index (κ3) is 6.10. The lowest BCUT2D eigenvalue weighted by atomic mass is 9.78. The third-order valence-electron chi connectivity index (χ3n) is 7.44. The molecule has 1 saturated heterocycles. The molecule has 3 aromatic rings. The Kier molecular flexibility index (Phi) is 7.92. The second kappa shape index (κ2) is 11.5. The van der Waals surface area contributed by atoms with Crippen LogP contribution in [0.15, 0.2) is 48.5 Å². The van der Waals surface area contributed by atoms with Crippen LogP contribution in [0.5, 0.6) is 0 Å². The van der Waals surface area contributed by atoms with Crippen LogP contribution in [0.2, 0.25) is 0 Å². The van der Waals surface area contributed by atoms with E-state index < -0.39 is 11.6 Å². The minimum absolute atomic E-state index is 0.229. The van der Waals surface area contributed by atoms with Crippen molar-refractivity contribution in [3.05, 3.63) is 65.7 Å². The summed E-state index contributed by atoms with van der Waals surface area (Å²) in [5, 5.41) is 4.26. The molecule has 1 amide bonds. The largest absolute Gasteiger partial charge is 0.353 e. The van der Waals surface area contributed by atoms with Crippen LogP contribution in [0, 0.1) is 23.5 Å². The van der Waals surface area contributed by atoms with Crippen molar-refractivity contribution in [1.82, 2.24) is 14.6 Å². The first-order valence-electron chi connectivity index (χ1n) is 12.8. The molecule has 2 fully saturated rings. The van der Waals surface area contributed by atoms with E-state index in [0.29, 0.717) is 23.9 Å². The zero-order valence-electron chi connectivity index (χ0n) is 20.3. The van der Waals surface area contributed by atoms with Gasteiger partial charge < -0.3 is 10.2 Å². The lowest BCUT2D eigenvalue weighted by Crippen LogP contribution is -2.49. The van der Waals surface area contributed by atoms with Crippen LogP contribution >= 0.6 is 11.5 Å². The average molecular weight is 511 g/mol. The van der Waals surface area contributed by atoms with E-state index in [1.165, 1.54) is 53.6 Å². The average Bonchev–Trinajstić information content (AvgIpc) is 3.31. The number of anilines is 1.